The molecule has 3 N–H and O–H groups in total. The number of nitrogens with one attached hydrogen (secondary N) is 2. The van der Waals surface area contributed by atoms with Crippen molar-refractivity contribution in [2.75, 3.05) is 31.6 Å². The SMILES string of the molecule is CCCCN1C(=O)C(C(O)C2CCCCC2)NC(=O)C12CCN(c1ccc(Oc3ccc(C(=O)NC)cc3)cc1)CC2. The minimum Gasteiger partial charge on any atom is -0.457 e. The fourth-order valence-corrected chi connectivity index (χ4v) is 6.77. The molecule has 2 aliphatic heterocycles. The minimum absolute atomic E-state index is 0.0609. The topological polar surface area (TPSA) is 111 Å². The zero-order valence-electron chi connectivity index (χ0n) is 24.8. The Morgan fingerprint density at radius 1 is 1.02 bits per heavy atom. The number of unbranched alkanes of at least 4 members (excludes halogenated alkanes) is 1. The standard InChI is InChI=1S/C33H44N4O5/c1-3-4-20-37-31(40)28(29(38)23-8-6-5-7-9-23)35-32(41)33(37)18-21-36(22-19-33)25-12-16-27(17-13-25)42-26-14-10-24(11-15-26)30(39)34-2/h10-17,23,28-29,38H,3-9,18-22H2,1-2H3,(H,34,39)(H,35,41). The second-order valence-electron chi connectivity index (χ2n) is 11.9. The highest BCUT2D eigenvalue weighted by Gasteiger charge is 2.55. The molecule has 0 aromatic heterocycles. The summed E-state index contributed by atoms with van der Waals surface area (Å²) in [5.41, 5.74) is 0.719. The smallest absolute Gasteiger partial charge is 0.251 e. The summed E-state index contributed by atoms with van der Waals surface area (Å²) >= 11 is 0. The lowest BCUT2D eigenvalue weighted by atomic mass is 9.78. The van der Waals surface area contributed by atoms with Gasteiger partial charge in [-0.15, -0.1) is 0 Å². The fraction of sp³-hybridized carbons (Fsp3) is 0.545. The van der Waals surface area contributed by atoms with Crippen molar-refractivity contribution >= 4 is 23.4 Å². The number of benzene rings is 2. The van der Waals surface area contributed by atoms with Crippen molar-refractivity contribution in [3.05, 3.63) is 54.1 Å². The molecule has 226 valence electrons. The molecule has 5 rings (SSSR count). The van der Waals surface area contributed by atoms with Gasteiger partial charge in [-0.1, -0.05) is 32.6 Å². The number of carbonyl (C=O) groups is 3. The highest BCUT2D eigenvalue weighted by molar-refractivity contribution is 6.00. The lowest BCUT2D eigenvalue weighted by Crippen LogP contribution is -2.75. The first kappa shape index (κ1) is 29.9. The number of aliphatic hydroxyl groups excluding tert-OH is 1. The molecule has 1 aliphatic carbocycles. The number of hydrogen-bond acceptors (Lipinski definition) is 6. The Balaban J connectivity index is 1.24. The number of anilines is 1. The minimum atomic E-state index is -0.880. The molecule has 2 saturated heterocycles. The van der Waals surface area contributed by atoms with E-state index in [0.29, 0.717) is 49.5 Å². The molecule has 2 aromatic carbocycles. The predicted molar refractivity (Wildman–Crippen MR) is 162 cm³/mol. The average Bonchev–Trinajstić information content (AvgIpc) is 3.03. The Morgan fingerprint density at radius 2 is 1.64 bits per heavy atom. The highest BCUT2D eigenvalue weighted by atomic mass is 16.5. The van der Waals surface area contributed by atoms with E-state index in [1.54, 1.807) is 31.3 Å². The van der Waals surface area contributed by atoms with Crippen molar-refractivity contribution in [2.24, 2.45) is 5.92 Å². The van der Waals surface area contributed by atoms with E-state index in [9.17, 15) is 19.5 Å². The molecular formula is C33H44N4O5. The number of amides is 3. The van der Waals surface area contributed by atoms with Gasteiger partial charge in [-0.2, -0.15) is 0 Å². The monoisotopic (exact) mass is 576 g/mol. The fourth-order valence-electron chi connectivity index (χ4n) is 6.77. The van der Waals surface area contributed by atoms with Crippen LogP contribution < -0.4 is 20.3 Å². The molecule has 2 aromatic rings. The molecule has 2 heterocycles. The summed E-state index contributed by atoms with van der Waals surface area (Å²) in [6, 6.07) is 14.0. The first-order valence-corrected chi connectivity index (χ1v) is 15.5. The number of nitrogens with zero attached hydrogens (tertiary/aromatic N) is 2. The molecule has 9 nitrogen and oxygen atoms in total. The molecule has 0 bridgehead atoms. The van der Waals surface area contributed by atoms with Crippen molar-refractivity contribution in [1.29, 1.82) is 0 Å². The number of piperazine rings is 1. The Labute approximate surface area is 248 Å². The van der Waals surface area contributed by atoms with E-state index in [0.717, 1.165) is 44.2 Å². The lowest BCUT2D eigenvalue weighted by molar-refractivity contribution is -0.164. The zero-order valence-corrected chi connectivity index (χ0v) is 24.8. The van der Waals surface area contributed by atoms with Gasteiger partial charge in [0.1, 0.15) is 23.1 Å². The molecule has 3 fully saturated rings. The van der Waals surface area contributed by atoms with Crippen LogP contribution in [0.3, 0.4) is 0 Å². The summed E-state index contributed by atoms with van der Waals surface area (Å²) in [6.45, 7) is 3.90. The van der Waals surface area contributed by atoms with E-state index in [1.807, 2.05) is 29.2 Å². The van der Waals surface area contributed by atoms with Crippen molar-refractivity contribution in [3.63, 3.8) is 0 Å². The Hall–Kier alpha value is -3.59. The lowest BCUT2D eigenvalue weighted by Gasteiger charge is -2.53. The van der Waals surface area contributed by atoms with Gasteiger partial charge in [-0.05, 0) is 86.6 Å². The van der Waals surface area contributed by atoms with Gasteiger partial charge in [0.25, 0.3) is 5.91 Å². The zero-order chi connectivity index (χ0) is 29.7. The Bertz CT molecular complexity index is 1230. The highest BCUT2D eigenvalue weighted by Crippen LogP contribution is 2.37. The maximum Gasteiger partial charge on any atom is 0.251 e. The van der Waals surface area contributed by atoms with E-state index in [-0.39, 0.29) is 23.6 Å². The van der Waals surface area contributed by atoms with Crippen LogP contribution in [0.15, 0.2) is 48.5 Å². The van der Waals surface area contributed by atoms with Gasteiger partial charge in [-0.25, -0.2) is 0 Å². The number of aliphatic hydroxyl groups is 1. The van der Waals surface area contributed by atoms with Gasteiger partial charge in [0.2, 0.25) is 11.8 Å². The molecule has 2 atom stereocenters. The van der Waals surface area contributed by atoms with Gasteiger partial charge in [-0.3, -0.25) is 14.4 Å². The summed E-state index contributed by atoms with van der Waals surface area (Å²) in [5, 5.41) is 16.8. The van der Waals surface area contributed by atoms with Crippen LogP contribution in [0.5, 0.6) is 11.5 Å². The number of piperidine rings is 1. The maximum absolute atomic E-state index is 13.8. The van der Waals surface area contributed by atoms with Crippen molar-refractivity contribution in [2.45, 2.75) is 82.4 Å². The summed E-state index contributed by atoms with van der Waals surface area (Å²) in [4.78, 5) is 43.4. The van der Waals surface area contributed by atoms with Gasteiger partial charge in [0.15, 0.2) is 0 Å². The maximum atomic E-state index is 13.8. The summed E-state index contributed by atoms with van der Waals surface area (Å²) in [5.74, 6) is 0.997. The quantitative estimate of drug-likeness (QED) is 0.412. The largest absolute Gasteiger partial charge is 0.457 e. The van der Waals surface area contributed by atoms with Crippen LogP contribution >= 0.6 is 0 Å². The van der Waals surface area contributed by atoms with Crippen LogP contribution in [0.1, 0.15) is 75.1 Å². The van der Waals surface area contributed by atoms with Crippen molar-refractivity contribution in [3.8, 4) is 11.5 Å². The molecule has 2 unspecified atom stereocenters. The first-order chi connectivity index (χ1) is 20.4. The summed E-state index contributed by atoms with van der Waals surface area (Å²) in [6.07, 6.45) is 7.10. The molecule has 3 aliphatic rings. The van der Waals surface area contributed by atoms with Crippen molar-refractivity contribution in [1.82, 2.24) is 15.5 Å². The normalized spacial score (nSPS) is 21.6. The van der Waals surface area contributed by atoms with E-state index in [2.05, 4.69) is 22.5 Å². The molecule has 9 heteroatoms. The molecule has 1 saturated carbocycles. The van der Waals surface area contributed by atoms with Crippen LogP contribution in [0, 0.1) is 5.92 Å². The van der Waals surface area contributed by atoms with Crippen LogP contribution in [0.25, 0.3) is 0 Å². The third-order valence-corrected chi connectivity index (χ3v) is 9.34. The Morgan fingerprint density at radius 3 is 2.24 bits per heavy atom. The molecular weight excluding hydrogens is 532 g/mol. The molecule has 42 heavy (non-hydrogen) atoms. The second-order valence-corrected chi connectivity index (χ2v) is 11.9. The average molecular weight is 577 g/mol. The molecule has 0 radical (unpaired) electrons. The third kappa shape index (κ3) is 6.11. The number of hydrogen-bond donors (Lipinski definition) is 3. The summed E-state index contributed by atoms with van der Waals surface area (Å²) < 4.78 is 5.96. The van der Waals surface area contributed by atoms with Gasteiger partial charge in [0.05, 0.1) is 6.10 Å². The molecule has 1 spiro atoms. The number of rotatable bonds is 9. The van der Waals surface area contributed by atoms with Crippen LogP contribution in [0.2, 0.25) is 0 Å². The van der Waals surface area contributed by atoms with Crippen molar-refractivity contribution < 1.29 is 24.2 Å². The van der Waals surface area contributed by atoms with E-state index in [1.165, 1.54) is 6.42 Å². The summed E-state index contributed by atoms with van der Waals surface area (Å²) in [7, 11) is 1.60. The number of ether oxygens (including phenoxy) is 1. The number of carbonyl (C=O) groups excluding carboxylic acids is 3. The van der Waals surface area contributed by atoms with E-state index < -0.39 is 17.7 Å². The first-order valence-electron chi connectivity index (χ1n) is 15.5. The van der Waals surface area contributed by atoms with E-state index in [4.69, 9.17) is 4.74 Å². The van der Waals surface area contributed by atoms with Crippen LogP contribution in [-0.2, 0) is 9.59 Å². The van der Waals surface area contributed by atoms with Gasteiger partial charge < -0.3 is 30.3 Å². The predicted octanol–water partition coefficient (Wildman–Crippen LogP) is 4.25. The van der Waals surface area contributed by atoms with Crippen LogP contribution in [0.4, 0.5) is 5.69 Å². The van der Waals surface area contributed by atoms with Crippen LogP contribution in [-0.4, -0.2) is 72.1 Å². The third-order valence-electron chi connectivity index (χ3n) is 9.34. The van der Waals surface area contributed by atoms with E-state index >= 15 is 0 Å². The molecule has 3 amide bonds. The second kappa shape index (κ2) is 13.2. The Kier molecular flexibility index (Phi) is 9.36. The van der Waals surface area contributed by atoms with Gasteiger partial charge >= 0.3 is 0 Å². The van der Waals surface area contributed by atoms with Gasteiger partial charge in [0, 0.05) is 37.9 Å².